The summed E-state index contributed by atoms with van der Waals surface area (Å²) in [6.45, 7) is 18.3. The number of ether oxygens (including phenoxy) is 7. The molecule has 1 saturated carbocycles. The fourth-order valence-electron chi connectivity index (χ4n) is 7.13. The van der Waals surface area contributed by atoms with Crippen LogP contribution in [-0.4, -0.2) is 111 Å². The highest BCUT2D eigenvalue weighted by atomic mass is 35.5. The predicted molar refractivity (Wildman–Crippen MR) is 199 cm³/mol. The fourth-order valence-corrected chi connectivity index (χ4v) is 8.83. The number of carbonyl (C=O) groups excluding carboxylic acids is 3. The maximum Gasteiger partial charge on any atom is 0.416 e. The summed E-state index contributed by atoms with van der Waals surface area (Å²) in [6.07, 6.45) is 0.599. The van der Waals surface area contributed by atoms with Crippen LogP contribution in [0, 0.1) is 0 Å². The normalized spacial score (nSPS) is 24.3. The van der Waals surface area contributed by atoms with Crippen molar-refractivity contribution in [2.24, 2.45) is 0 Å². The standard InChI is InChI=1S/C36H55ClN5O11P/c1-12-47-30(44)36(54(10,11)46,18-17-24(43)50-33(2,3)4)48-20-23-25-26(52-35(8,9)51-25)29(49-23)42-28-22(19-38-42)27(39-31(37)40-28)41(21-15-13-14-16-21)32(45)53-34(5,6)7/h19,21,23,25-26,29H,12-18,20H2,1-11H3/t23-,25-,26-,29-,36?/m1/s1. The van der Waals surface area contributed by atoms with Gasteiger partial charge in [0.05, 0.1) is 24.8 Å². The second-order valence-electron chi connectivity index (χ2n) is 16.8. The SMILES string of the molecule is CCOC(=O)C(CCC(=O)OC(C)(C)C)(OC[C@H]1O[C@@H](n2ncc3c(N(C(=O)OC(C)(C)C)C4CCCC4)nc(Cl)nc32)[C@@H]2OC(C)(C)O[C@@H]21)P(C)(C)=O. The summed E-state index contributed by atoms with van der Waals surface area (Å²) in [5.74, 6) is -2.22. The molecule has 5 rings (SSSR count). The van der Waals surface area contributed by atoms with Gasteiger partial charge in [0, 0.05) is 18.9 Å². The molecule has 302 valence electrons. The second kappa shape index (κ2) is 15.6. The van der Waals surface area contributed by atoms with Crippen LogP contribution in [0.3, 0.4) is 0 Å². The lowest BCUT2D eigenvalue weighted by atomic mass is 10.1. The molecular weight excluding hydrogens is 745 g/mol. The van der Waals surface area contributed by atoms with Crippen molar-refractivity contribution in [3.8, 4) is 0 Å². The first-order chi connectivity index (χ1) is 25.0. The summed E-state index contributed by atoms with van der Waals surface area (Å²) in [5, 5.41) is 2.98. The van der Waals surface area contributed by atoms with E-state index in [9.17, 15) is 18.9 Å². The van der Waals surface area contributed by atoms with Gasteiger partial charge in [-0.3, -0.25) is 9.69 Å². The zero-order chi connectivity index (χ0) is 40.0. The third kappa shape index (κ3) is 9.21. The zero-order valence-corrected chi connectivity index (χ0v) is 34.8. The Morgan fingerprint density at radius 1 is 1.02 bits per heavy atom. The van der Waals surface area contributed by atoms with Gasteiger partial charge < -0.3 is 37.7 Å². The third-order valence-electron chi connectivity index (χ3n) is 9.32. The average Bonchev–Trinajstić information content (AvgIpc) is 3.80. The molecule has 2 aliphatic heterocycles. The Morgan fingerprint density at radius 2 is 1.65 bits per heavy atom. The van der Waals surface area contributed by atoms with Gasteiger partial charge in [0.25, 0.3) is 0 Å². The summed E-state index contributed by atoms with van der Waals surface area (Å²) in [7, 11) is -3.48. The summed E-state index contributed by atoms with van der Waals surface area (Å²) in [4.78, 5) is 50.7. The molecule has 3 aliphatic rings. The molecule has 0 aromatic carbocycles. The lowest BCUT2D eigenvalue weighted by Crippen LogP contribution is -2.46. The van der Waals surface area contributed by atoms with E-state index in [1.165, 1.54) is 18.0 Å². The van der Waals surface area contributed by atoms with Crippen molar-refractivity contribution in [2.75, 3.05) is 31.4 Å². The van der Waals surface area contributed by atoms with Crippen molar-refractivity contribution in [1.29, 1.82) is 0 Å². The van der Waals surface area contributed by atoms with Gasteiger partial charge in [0.2, 0.25) is 10.6 Å². The highest BCUT2D eigenvalue weighted by Gasteiger charge is 2.59. The van der Waals surface area contributed by atoms with Crippen molar-refractivity contribution >= 4 is 53.6 Å². The average molecular weight is 800 g/mol. The van der Waals surface area contributed by atoms with E-state index >= 15 is 0 Å². The minimum atomic E-state index is -3.48. The Hall–Kier alpha value is -2.88. The highest BCUT2D eigenvalue weighted by Crippen LogP contribution is 2.56. The van der Waals surface area contributed by atoms with E-state index in [0.717, 1.165) is 25.7 Å². The van der Waals surface area contributed by atoms with Gasteiger partial charge in [-0.2, -0.15) is 15.1 Å². The number of nitrogens with zero attached hydrogens (tertiary/aromatic N) is 5. The Morgan fingerprint density at radius 3 is 2.24 bits per heavy atom. The number of esters is 2. The molecule has 16 nitrogen and oxygen atoms in total. The minimum Gasteiger partial charge on any atom is -0.463 e. The van der Waals surface area contributed by atoms with Crippen molar-refractivity contribution in [1.82, 2.24) is 19.7 Å². The van der Waals surface area contributed by atoms with Gasteiger partial charge in [0.15, 0.2) is 23.5 Å². The summed E-state index contributed by atoms with van der Waals surface area (Å²) >= 11 is 6.56. The van der Waals surface area contributed by atoms with Crippen LogP contribution < -0.4 is 4.90 Å². The largest absolute Gasteiger partial charge is 0.463 e. The second-order valence-corrected chi connectivity index (χ2v) is 20.6. The Balaban J connectivity index is 1.49. The monoisotopic (exact) mass is 799 g/mol. The van der Waals surface area contributed by atoms with Crippen LogP contribution in [0.1, 0.15) is 107 Å². The summed E-state index contributed by atoms with van der Waals surface area (Å²) in [5.41, 5.74) is -1.24. The molecular formula is C36H55ClN5O11P. The first-order valence-electron chi connectivity index (χ1n) is 18.5. The number of hydrogen-bond donors (Lipinski definition) is 0. The van der Waals surface area contributed by atoms with Crippen LogP contribution in [0.2, 0.25) is 5.28 Å². The van der Waals surface area contributed by atoms with E-state index in [0.29, 0.717) is 5.39 Å². The van der Waals surface area contributed by atoms with Crippen LogP contribution >= 0.6 is 18.7 Å². The maximum atomic E-state index is 14.0. The van der Waals surface area contributed by atoms with Gasteiger partial charge >= 0.3 is 18.0 Å². The van der Waals surface area contributed by atoms with E-state index in [1.807, 2.05) is 0 Å². The fraction of sp³-hybridized carbons (Fsp3) is 0.778. The number of fused-ring (bicyclic) bond motifs is 2. The van der Waals surface area contributed by atoms with Crippen LogP contribution in [0.4, 0.5) is 10.6 Å². The first kappa shape index (κ1) is 42.3. The topological polar surface area (TPSA) is 180 Å². The Labute approximate surface area is 321 Å². The van der Waals surface area contributed by atoms with Crippen molar-refractivity contribution in [3.05, 3.63) is 11.5 Å². The van der Waals surface area contributed by atoms with Crippen molar-refractivity contribution in [2.45, 2.75) is 154 Å². The molecule has 1 amide bonds. The molecule has 0 radical (unpaired) electrons. The lowest BCUT2D eigenvalue weighted by Gasteiger charge is -2.36. The predicted octanol–water partition coefficient (Wildman–Crippen LogP) is 6.60. The van der Waals surface area contributed by atoms with Crippen molar-refractivity contribution < 1.29 is 52.1 Å². The number of aromatic nitrogens is 4. The molecule has 2 aromatic heterocycles. The molecule has 5 atom stereocenters. The number of rotatable bonds is 12. The summed E-state index contributed by atoms with van der Waals surface area (Å²) in [6, 6.07) is -0.165. The van der Waals surface area contributed by atoms with Crippen LogP contribution in [0.5, 0.6) is 0 Å². The molecule has 18 heteroatoms. The number of hydrogen-bond acceptors (Lipinski definition) is 14. The molecule has 0 spiro atoms. The Bertz CT molecular complexity index is 1760. The number of amides is 1. The van der Waals surface area contributed by atoms with Gasteiger partial charge in [-0.15, -0.1) is 0 Å². The van der Waals surface area contributed by atoms with E-state index in [-0.39, 0.29) is 48.8 Å². The van der Waals surface area contributed by atoms with E-state index in [1.54, 1.807) is 73.4 Å². The zero-order valence-electron chi connectivity index (χ0n) is 33.2. The Kier molecular flexibility index (Phi) is 12.2. The van der Waals surface area contributed by atoms with Gasteiger partial charge in [-0.1, -0.05) is 12.8 Å². The molecule has 1 unspecified atom stereocenters. The van der Waals surface area contributed by atoms with E-state index in [2.05, 4.69) is 15.1 Å². The van der Waals surface area contributed by atoms with Crippen molar-refractivity contribution in [3.63, 3.8) is 0 Å². The molecule has 1 aliphatic carbocycles. The molecule has 2 saturated heterocycles. The molecule has 2 aromatic rings. The highest BCUT2D eigenvalue weighted by molar-refractivity contribution is 7.64. The minimum absolute atomic E-state index is 0.000889. The van der Waals surface area contributed by atoms with E-state index in [4.69, 9.17) is 44.8 Å². The quantitative estimate of drug-likeness (QED) is 0.0970. The van der Waals surface area contributed by atoms with Gasteiger partial charge in [-0.25, -0.2) is 14.3 Å². The molecule has 0 bridgehead atoms. The lowest BCUT2D eigenvalue weighted by molar-refractivity contribution is -0.208. The molecule has 54 heavy (non-hydrogen) atoms. The molecule has 4 heterocycles. The van der Waals surface area contributed by atoms with Crippen LogP contribution in [0.15, 0.2) is 6.20 Å². The van der Waals surface area contributed by atoms with E-state index < -0.39 is 72.0 Å². The number of anilines is 1. The van der Waals surface area contributed by atoms with Crippen LogP contribution in [0.25, 0.3) is 11.0 Å². The van der Waals surface area contributed by atoms with Crippen LogP contribution in [-0.2, 0) is 47.3 Å². The number of carbonyl (C=O) groups is 3. The third-order valence-corrected chi connectivity index (χ3v) is 11.8. The summed E-state index contributed by atoms with van der Waals surface area (Å²) < 4.78 is 57.7. The smallest absolute Gasteiger partial charge is 0.416 e. The molecule has 0 N–H and O–H groups in total. The molecule has 3 fully saturated rings. The van der Waals surface area contributed by atoms with Gasteiger partial charge in [-0.05, 0) is 100 Å². The van der Waals surface area contributed by atoms with Gasteiger partial charge in [0.1, 0.15) is 36.7 Å². The number of halogens is 1. The first-order valence-corrected chi connectivity index (χ1v) is 21.5. The maximum absolute atomic E-state index is 14.0.